The van der Waals surface area contributed by atoms with Crippen LogP contribution < -0.4 is 10.4 Å². The third kappa shape index (κ3) is 7.27. The van der Waals surface area contributed by atoms with Crippen LogP contribution in [0.25, 0.3) is 0 Å². The molecule has 0 spiro atoms. The van der Waals surface area contributed by atoms with Gasteiger partial charge in [-0.3, -0.25) is 0 Å². The minimum atomic E-state index is -2.81. The monoisotopic (exact) mass is 480 g/mol. The molecule has 2 rings (SSSR count). The molecular weight excluding hydrogens is 439 g/mol. The van der Waals surface area contributed by atoms with E-state index in [2.05, 4.69) is 89.2 Å². The molecule has 0 aromatic heterocycles. The highest BCUT2D eigenvalue weighted by atomic mass is 28.4. The van der Waals surface area contributed by atoms with E-state index in [1.165, 1.54) is 16.3 Å². The summed E-state index contributed by atoms with van der Waals surface area (Å²) in [5.41, 5.74) is 0.950. The van der Waals surface area contributed by atoms with Gasteiger partial charge in [0, 0.05) is 0 Å². The predicted molar refractivity (Wildman–Crippen MR) is 146 cm³/mol. The lowest BCUT2D eigenvalue weighted by Crippen LogP contribution is -2.68. The molecule has 0 saturated heterocycles. The third-order valence-corrected chi connectivity index (χ3v) is 11.4. The Balaban J connectivity index is 2.61. The van der Waals surface area contributed by atoms with E-state index in [1.807, 2.05) is 25.1 Å². The maximum absolute atomic E-state index is 9.60. The van der Waals surface area contributed by atoms with Crippen LogP contribution in [-0.2, 0) is 4.43 Å². The molecule has 0 aliphatic heterocycles. The van der Waals surface area contributed by atoms with Crippen molar-refractivity contribution in [2.75, 3.05) is 6.61 Å². The number of aliphatic hydroxyl groups excluding tert-OH is 1. The lowest BCUT2D eigenvalue weighted by Gasteiger charge is -2.46. The molecule has 184 valence electrons. The standard InChI is InChI=1S/C28H41BO4Si/c1-22(19-23(2)21-30)20-24(3)27(17-18-29(31)32)33-34(28(4,5)6,25-13-9-7-10-14-25)26-15-11-8-12-16-26/h7-19,22,24,27,30-32H,20-21H2,1-6H3/b18-17+,23-19+/t22-,24+,27-/m1/s1. The molecule has 3 N–H and O–H groups in total. The summed E-state index contributed by atoms with van der Waals surface area (Å²) in [7, 11) is -4.34. The van der Waals surface area contributed by atoms with Crippen LogP contribution in [0.5, 0.6) is 0 Å². The summed E-state index contributed by atoms with van der Waals surface area (Å²) in [5.74, 6) is 1.76. The minimum absolute atomic E-state index is 0.0529. The Morgan fingerprint density at radius 3 is 1.88 bits per heavy atom. The Morgan fingerprint density at radius 2 is 1.47 bits per heavy atom. The summed E-state index contributed by atoms with van der Waals surface area (Å²) in [4.78, 5) is 0. The first-order valence-electron chi connectivity index (χ1n) is 12.1. The van der Waals surface area contributed by atoms with Crippen molar-refractivity contribution in [2.24, 2.45) is 11.8 Å². The number of allylic oxidation sites excluding steroid dienone is 1. The van der Waals surface area contributed by atoms with E-state index in [9.17, 15) is 15.2 Å². The van der Waals surface area contributed by atoms with Gasteiger partial charge >= 0.3 is 7.12 Å². The largest absolute Gasteiger partial charge is 0.480 e. The predicted octanol–water partition coefficient (Wildman–Crippen LogP) is 4.10. The van der Waals surface area contributed by atoms with E-state index < -0.39 is 15.4 Å². The highest BCUT2D eigenvalue weighted by Gasteiger charge is 2.51. The topological polar surface area (TPSA) is 69.9 Å². The van der Waals surface area contributed by atoms with Gasteiger partial charge < -0.3 is 19.6 Å². The summed E-state index contributed by atoms with van der Waals surface area (Å²) in [6.07, 6.45) is 4.43. The van der Waals surface area contributed by atoms with Crippen molar-refractivity contribution in [3.8, 4) is 0 Å². The second-order valence-electron chi connectivity index (χ2n) is 10.4. The zero-order chi connectivity index (χ0) is 25.4. The summed E-state index contributed by atoms with van der Waals surface area (Å²) in [5, 5.41) is 30.8. The van der Waals surface area contributed by atoms with Crippen molar-refractivity contribution in [3.63, 3.8) is 0 Å². The highest BCUT2D eigenvalue weighted by Crippen LogP contribution is 2.39. The average molecular weight is 481 g/mol. The van der Waals surface area contributed by atoms with Crippen molar-refractivity contribution in [1.82, 2.24) is 0 Å². The lowest BCUT2D eigenvalue weighted by molar-refractivity contribution is 0.162. The molecule has 2 aromatic rings. The summed E-state index contributed by atoms with van der Waals surface area (Å²) >= 11 is 0. The van der Waals surface area contributed by atoms with Crippen LogP contribution in [0, 0.1) is 11.8 Å². The zero-order valence-electron chi connectivity index (χ0n) is 21.5. The van der Waals surface area contributed by atoms with Gasteiger partial charge in [0.25, 0.3) is 8.32 Å². The van der Waals surface area contributed by atoms with Crippen molar-refractivity contribution in [1.29, 1.82) is 0 Å². The second kappa shape index (κ2) is 12.7. The fourth-order valence-corrected chi connectivity index (χ4v) is 9.51. The molecule has 0 radical (unpaired) electrons. The van der Waals surface area contributed by atoms with Gasteiger partial charge in [-0.2, -0.15) is 0 Å². The van der Waals surface area contributed by atoms with Crippen LogP contribution in [0.2, 0.25) is 5.04 Å². The molecule has 2 aromatic carbocycles. The first-order chi connectivity index (χ1) is 16.0. The smallest absolute Gasteiger partial charge is 0.424 e. The normalized spacial score (nSPS) is 15.9. The van der Waals surface area contributed by atoms with Crippen molar-refractivity contribution < 1.29 is 19.6 Å². The fourth-order valence-electron chi connectivity index (χ4n) is 4.78. The summed E-state index contributed by atoms with van der Waals surface area (Å²) in [6, 6.07) is 20.9. The maximum atomic E-state index is 9.60. The molecular formula is C28H41BO4Si. The van der Waals surface area contributed by atoms with E-state index in [1.54, 1.807) is 0 Å². The molecule has 4 nitrogen and oxygen atoms in total. The molecule has 0 amide bonds. The van der Waals surface area contributed by atoms with Gasteiger partial charge in [-0.25, -0.2) is 0 Å². The number of hydrogen-bond donors (Lipinski definition) is 3. The molecule has 34 heavy (non-hydrogen) atoms. The SMILES string of the molecule is C/C(=C\[C@@H](C)C[C@H](C)[C@@H](/C=C/B(O)O)O[Si](c1ccccc1)(c1ccccc1)C(C)(C)C)CO. The molecule has 0 unspecified atom stereocenters. The first kappa shape index (κ1) is 28.3. The Morgan fingerprint density at radius 1 is 0.971 bits per heavy atom. The molecule has 0 bridgehead atoms. The van der Waals surface area contributed by atoms with Crippen LogP contribution in [0.4, 0.5) is 0 Å². The maximum Gasteiger partial charge on any atom is 0.480 e. The molecule has 0 aliphatic carbocycles. The summed E-state index contributed by atoms with van der Waals surface area (Å²) < 4.78 is 7.28. The fraction of sp³-hybridized carbons (Fsp3) is 0.429. The van der Waals surface area contributed by atoms with Gasteiger partial charge in [-0.05, 0) is 40.6 Å². The van der Waals surface area contributed by atoms with E-state index in [0.29, 0.717) is 0 Å². The van der Waals surface area contributed by atoms with Crippen molar-refractivity contribution in [2.45, 2.75) is 59.1 Å². The molecule has 0 heterocycles. The minimum Gasteiger partial charge on any atom is -0.424 e. The molecule has 3 atom stereocenters. The quantitative estimate of drug-likeness (QED) is 0.335. The van der Waals surface area contributed by atoms with Crippen molar-refractivity contribution in [3.05, 3.63) is 84.4 Å². The van der Waals surface area contributed by atoms with Gasteiger partial charge in [0.15, 0.2) is 0 Å². The van der Waals surface area contributed by atoms with Gasteiger partial charge in [0.1, 0.15) is 0 Å². The van der Waals surface area contributed by atoms with Crippen molar-refractivity contribution >= 4 is 25.8 Å². The van der Waals surface area contributed by atoms with Crippen LogP contribution in [0.3, 0.4) is 0 Å². The average Bonchev–Trinajstić information content (AvgIpc) is 2.79. The number of aliphatic hydroxyl groups is 1. The van der Waals surface area contributed by atoms with Crippen LogP contribution in [0.15, 0.2) is 84.4 Å². The van der Waals surface area contributed by atoms with Crippen LogP contribution in [0.1, 0.15) is 48.0 Å². The van der Waals surface area contributed by atoms with E-state index in [-0.39, 0.29) is 29.6 Å². The molecule has 0 fully saturated rings. The molecule has 0 aliphatic rings. The van der Waals surface area contributed by atoms with Crippen LogP contribution >= 0.6 is 0 Å². The molecule has 6 heteroatoms. The van der Waals surface area contributed by atoms with Gasteiger partial charge in [0.05, 0.1) is 12.7 Å². The van der Waals surface area contributed by atoms with E-state index in [0.717, 1.165) is 12.0 Å². The summed E-state index contributed by atoms with van der Waals surface area (Å²) in [6.45, 7) is 13.0. The van der Waals surface area contributed by atoms with Crippen LogP contribution in [-0.4, -0.2) is 43.3 Å². The third-order valence-electron chi connectivity index (χ3n) is 6.33. The highest BCUT2D eigenvalue weighted by molar-refractivity contribution is 6.99. The van der Waals surface area contributed by atoms with Gasteiger partial charge in [-0.15, -0.1) is 0 Å². The first-order valence-corrected chi connectivity index (χ1v) is 14.0. The molecule has 0 saturated carbocycles. The number of benzene rings is 2. The zero-order valence-corrected chi connectivity index (χ0v) is 22.5. The van der Waals surface area contributed by atoms with Gasteiger partial charge in [-0.1, -0.05) is 119 Å². The van der Waals surface area contributed by atoms with Gasteiger partial charge in [0.2, 0.25) is 0 Å². The Hall–Kier alpha value is -1.96. The van der Waals surface area contributed by atoms with E-state index in [4.69, 9.17) is 4.43 Å². The van der Waals surface area contributed by atoms with E-state index >= 15 is 0 Å². The Bertz CT molecular complexity index is 883. The number of rotatable bonds is 11. The second-order valence-corrected chi connectivity index (χ2v) is 14.7. The Kier molecular flexibility index (Phi) is 10.5. The number of hydrogen-bond acceptors (Lipinski definition) is 4. The lowest BCUT2D eigenvalue weighted by atomic mass is 9.87. The Labute approximate surface area is 207 Å².